The third-order valence-electron chi connectivity index (χ3n) is 3.32. The minimum absolute atomic E-state index is 0.0428. The fourth-order valence-corrected chi connectivity index (χ4v) is 2.52. The topological polar surface area (TPSA) is 94.2 Å². The highest BCUT2D eigenvalue weighted by molar-refractivity contribution is 7.89. The molecule has 1 aromatic rings. The van der Waals surface area contributed by atoms with Crippen molar-refractivity contribution in [2.24, 2.45) is 18.1 Å². The molecule has 6 nitrogen and oxygen atoms in total. The van der Waals surface area contributed by atoms with Crippen LogP contribution in [-0.4, -0.2) is 25.4 Å². The first-order valence-corrected chi connectivity index (χ1v) is 7.40. The Hall–Kier alpha value is -1.34. The number of rotatable bonds is 4. The molecule has 1 aliphatic carbocycles. The minimum Gasteiger partial charge on any atom is -0.350 e. The summed E-state index contributed by atoms with van der Waals surface area (Å²) < 4.78 is 23.8. The molecule has 0 unspecified atom stereocenters. The summed E-state index contributed by atoms with van der Waals surface area (Å²) in [5, 5.41) is 7.83. The number of aromatic nitrogens is 1. The Kier molecular flexibility index (Phi) is 3.45. The lowest BCUT2D eigenvalue weighted by atomic mass is 9.85. The molecule has 7 heteroatoms. The van der Waals surface area contributed by atoms with Crippen molar-refractivity contribution in [1.82, 2.24) is 9.88 Å². The molecule has 1 heterocycles. The van der Waals surface area contributed by atoms with Crippen LogP contribution in [0.1, 0.15) is 29.8 Å². The van der Waals surface area contributed by atoms with Crippen LogP contribution in [0.2, 0.25) is 0 Å². The van der Waals surface area contributed by atoms with E-state index < -0.39 is 10.0 Å². The summed E-state index contributed by atoms with van der Waals surface area (Å²) in [6.07, 6.45) is 4.86. The van der Waals surface area contributed by atoms with Crippen LogP contribution in [0.3, 0.4) is 0 Å². The summed E-state index contributed by atoms with van der Waals surface area (Å²) in [5.41, 5.74) is 0.304. The van der Waals surface area contributed by atoms with Crippen molar-refractivity contribution in [3.05, 3.63) is 18.0 Å². The van der Waals surface area contributed by atoms with Crippen LogP contribution in [0.15, 0.2) is 17.2 Å². The number of carbonyl (C=O) groups is 1. The van der Waals surface area contributed by atoms with E-state index in [1.807, 2.05) is 0 Å². The summed E-state index contributed by atoms with van der Waals surface area (Å²) in [7, 11) is -2.15. The fourth-order valence-electron chi connectivity index (χ4n) is 1.94. The minimum atomic E-state index is -3.76. The van der Waals surface area contributed by atoms with Gasteiger partial charge in [0.1, 0.15) is 10.6 Å². The Morgan fingerprint density at radius 3 is 2.67 bits per heavy atom. The smallest absolute Gasteiger partial charge is 0.267 e. The van der Waals surface area contributed by atoms with E-state index in [2.05, 4.69) is 5.32 Å². The van der Waals surface area contributed by atoms with E-state index in [0.29, 0.717) is 18.2 Å². The summed E-state index contributed by atoms with van der Waals surface area (Å²) in [6.45, 7) is 0.648. The summed E-state index contributed by atoms with van der Waals surface area (Å²) in [5.74, 6) is 0.297. The van der Waals surface area contributed by atoms with Gasteiger partial charge >= 0.3 is 0 Å². The van der Waals surface area contributed by atoms with Crippen LogP contribution in [0.4, 0.5) is 0 Å². The lowest BCUT2D eigenvalue weighted by Crippen LogP contribution is -2.33. The molecule has 0 saturated heterocycles. The molecule has 0 atom stereocenters. The standard InChI is InChI=1S/C11H17N3O3S/c1-14-7-9(18(12,16)17)5-10(14)11(15)13-6-8-3-2-4-8/h5,7-8H,2-4,6H2,1H3,(H,13,15)(H2,12,16,17). The van der Waals surface area contributed by atoms with Crippen molar-refractivity contribution in [3.63, 3.8) is 0 Å². The van der Waals surface area contributed by atoms with E-state index in [9.17, 15) is 13.2 Å². The van der Waals surface area contributed by atoms with Crippen LogP contribution in [0, 0.1) is 5.92 Å². The van der Waals surface area contributed by atoms with Crippen molar-refractivity contribution in [2.45, 2.75) is 24.2 Å². The van der Waals surface area contributed by atoms with Crippen LogP contribution in [0.25, 0.3) is 0 Å². The number of sulfonamides is 1. The molecular weight excluding hydrogens is 254 g/mol. The van der Waals surface area contributed by atoms with Gasteiger partial charge in [0.2, 0.25) is 10.0 Å². The molecule has 1 saturated carbocycles. The number of nitrogens with zero attached hydrogens (tertiary/aromatic N) is 1. The Labute approximate surface area is 106 Å². The number of nitrogens with one attached hydrogen (secondary N) is 1. The third kappa shape index (κ3) is 2.73. The van der Waals surface area contributed by atoms with Crippen molar-refractivity contribution < 1.29 is 13.2 Å². The van der Waals surface area contributed by atoms with E-state index in [-0.39, 0.29) is 10.8 Å². The molecule has 3 N–H and O–H groups in total. The van der Waals surface area contributed by atoms with Gasteiger partial charge in [-0.25, -0.2) is 13.6 Å². The largest absolute Gasteiger partial charge is 0.350 e. The maximum atomic E-state index is 11.9. The first-order chi connectivity index (χ1) is 8.38. The Morgan fingerprint density at radius 1 is 1.56 bits per heavy atom. The summed E-state index contributed by atoms with van der Waals surface area (Å²) >= 11 is 0. The van der Waals surface area contributed by atoms with Crippen LogP contribution >= 0.6 is 0 Å². The number of nitrogens with two attached hydrogens (primary N) is 1. The molecule has 0 radical (unpaired) electrons. The van der Waals surface area contributed by atoms with Gasteiger partial charge in [-0.3, -0.25) is 4.79 Å². The van der Waals surface area contributed by atoms with E-state index in [1.54, 1.807) is 7.05 Å². The highest BCUT2D eigenvalue weighted by Gasteiger charge is 2.20. The van der Waals surface area contributed by atoms with Gasteiger partial charge in [0.15, 0.2) is 0 Å². The van der Waals surface area contributed by atoms with E-state index >= 15 is 0 Å². The van der Waals surface area contributed by atoms with Gasteiger partial charge in [-0.15, -0.1) is 0 Å². The molecule has 0 aromatic carbocycles. The zero-order valence-electron chi connectivity index (χ0n) is 10.2. The normalized spacial score (nSPS) is 16.3. The van der Waals surface area contributed by atoms with Gasteiger partial charge in [0, 0.05) is 19.8 Å². The van der Waals surface area contributed by atoms with E-state index in [1.165, 1.54) is 23.3 Å². The van der Waals surface area contributed by atoms with Gasteiger partial charge in [0.05, 0.1) is 0 Å². The highest BCUT2D eigenvalue weighted by atomic mass is 32.2. The molecule has 0 spiro atoms. The molecule has 1 amide bonds. The number of amides is 1. The number of carbonyl (C=O) groups excluding carboxylic acids is 1. The Bertz CT molecular complexity index is 558. The SMILES string of the molecule is Cn1cc(S(N)(=O)=O)cc1C(=O)NCC1CCC1. The predicted octanol–water partition coefficient (Wildman–Crippen LogP) is 0.202. The van der Waals surface area contributed by atoms with Gasteiger partial charge in [-0.05, 0) is 24.8 Å². The van der Waals surface area contributed by atoms with Crippen LogP contribution in [-0.2, 0) is 17.1 Å². The molecule has 1 fully saturated rings. The second-order valence-electron chi connectivity index (χ2n) is 4.72. The third-order valence-corrected chi connectivity index (χ3v) is 4.20. The molecule has 0 bridgehead atoms. The van der Waals surface area contributed by atoms with Gasteiger partial charge in [-0.1, -0.05) is 6.42 Å². The maximum Gasteiger partial charge on any atom is 0.267 e. The van der Waals surface area contributed by atoms with Gasteiger partial charge < -0.3 is 9.88 Å². The van der Waals surface area contributed by atoms with E-state index in [0.717, 1.165) is 12.8 Å². The van der Waals surface area contributed by atoms with Gasteiger partial charge in [-0.2, -0.15) is 0 Å². The van der Waals surface area contributed by atoms with Crippen LogP contribution < -0.4 is 10.5 Å². The maximum absolute atomic E-state index is 11.9. The Balaban J connectivity index is 2.07. The highest BCUT2D eigenvalue weighted by Crippen LogP contribution is 2.25. The van der Waals surface area contributed by atoms with Crippen molar-refractivity contribution in [3.8, 4) is 0 Å². The average molecular weight is 271 g/mol. The zero-order chi connectivity index (χ0) is 13.3. The van der Waals surface area contributed by atoms with E-state index in [4.69, 9.17) is 5.14 Å². The predicted molar refractivity (Wildman–Crippen MR) is 66.5 cm³/mol. The average Bonchev–Trinajstić information content (AvgIpc) is 2.57. The number of hydrogen-bond acceptors (Lipinski definition) is 3. The van der Waals surface area contributed by atoms with Crippen molar-refractivity contribution >= 4 is 15.9 Å². The van der Waals surface area contributed by atoms with Crippen molar-refractivity contribution in [2.75, 3.05) is 6.54 Å². The molecule has 0 aliphatic heterocycles. The monoisotopic (exact) mass is 271 g/mol. The first kappa shape index (κ1) is 13.1. The fraction of sp³-hybridized carbons (Fsp3) is 0.545. The molecular formula is C11H17N3O3S. The van der Waals surface area contributed by atoms with Crippen molar-refractivity contribution in [1.29, 1.82) is 0 Å². The lowest BCUT2D eigenvalue weighted by Gasteiger charge is -2.25. The zero-order valence-corrected chi connectivity index (χ0v) is 11.0. The molecule has 2 rings (SSSR count). The quantitative estimate of drug-likeness (QED) is 0.819. The van der Waals surface area contributed by atoms with Gasteiger partial charge in [0.25, 0.3) is 5.91 Å². The summed E-state index contributed by atoms with van der Waals surface area (Å²) in [4.78, 5) is 11.8. The number of hydrogen-bond donors (Lipinski definition) is 2. The number of aryl methyl sites for hydroxylation is 1. The molecule has 1 aromatic heterocycles. The summed E-state index contributed by atoms with van der Waals surface area (Å²) in [6, 6.07) is 1.30. The molecule has 100 valence electrons. The first-order valence-electron chi connectivity index (χ1n) is 5.85. The second-order valence-corrected chi connectivity index (χ2v) is 6.29. The Morgan fingerprint density at radius 2 is 2.22 bits per heavy atom. The molecule has 18 heavy (non-hydrogen) atoms. The number of primary sulfonamides is 1. The van der Waals surface area contributed by atoms with Crippen LogP contribution in [0.5, 0.6) is 0 Å². The second kappa shape index (κ2) is 4.74. The lowest BCUT2D eigenvalue weighted by molar-refractivity contribution is 0.0931. The molecule has 1 aliphatic rings.